The summed E-state index contributed by atoms with van der Waals surface area (Å²) in [7, 11) is -0.782. The number of hydrogen-bond acceptors (Lipinski definition) is 9. The maximum absolute atomic E-state index is 12.6. The zero-order valence-electron chi connectivity index (χ0n) is 20.4. The standard InChI is InChI=1S/C25H31N3O6S/c1-17-5-7-19(8-6-17)35(30,31)34-15-25(2,29)18-9-11-28(12-10-18)24-20-13-22(32-3)23(33-4)14-21(20)26-16-27-24/h5-8,13-14,16,18,29H,9-12,15H2,1-4H3. The summed E-state index contributed by atoms with van der Waals surface area (Å²) >= 11 is 0. The van der Waals surface area contributed by atoms with Crippen LogP contribution in [0.25, 0.3) is 10.9 Å². The van der Waals surface area contributed by atoms with Crippen LogP contribution in [0.15, 0.2) is 47.6 Å². The number of hydrogen-bond donors (Lipinski definition) is 1. The molecule has 9 nitrogen and oxygen atoms in total. The number of nitrogens with zero attached hydrogens (tertiary/aromatic N) is 3. The van der Waals surface area contributed by atoms with Crippen molar-refractivity contribution in [2.45, 2.75) is 37.2 Å². The van der Waals surface area contributed by atoms with Crippen LogP contribution in [-0.2, 0) is 14.3 Å². The second-order valence-corrected chi connectivity index (χ2v) is 10.7. The van der Waals surface area contributed by atoms with Gasteiger partial charge in [-0.2, -0.15) is 8.42 Å². The van der Waals surface area contributed by atoms with Gasteiger partial charge in [0.1, 0.15) is 12.1 Å². The first kappa shape index (κ1) is 25.2. The molecule has 35 heavy (non-hydrogen) atoms. The highest BCUT2D eigenvalue weighted by Crippen LogP contribution is 2.37. The molecule has 1 unspecified atom stereocenters. The summed E-state index contributed by atoms with van der Waals surface area (Å²) < 4.78 is 41.2. The van der Waals surface area contributed by atoms with Gasteiger partial charge in [-0.1, -0.05) is 17.7 Å². The molecule has 0 spiro atoms. The van der Waals surface area contributed by atoms with Crippen molar-refractivity contribution in [2.24, 2.45) is 5.92 Å². The Morgan fingerprint density at radius 3 is 2.31 bits per heavy atom. The van der Waals surface area contributed by atoms with Crippen LogP contribution in [0.3, 0.4) is 0 Å². The Morgan fingerprint density at radius 2 is 1.69 bits per heavy atom. The highest BCUT2D eigenvalue weighted by atomic mass is 32.2. The number of methoxy groups -OCH3 is 2. The van der Waals surface area contributed by atoms with E-state index in [2.05, 4.69) is 14.9 Å². The second kappa shape index (κ2) is 9.96. The normalized spacial score (nSPS) is 16.8. The number of rotatable bonds is 8. The van der Waals surface area contributed by atoms with Crippen molar-refractivity contribution in [1.82, 2.24) is 9.97 Å². The maximum Gasteiger partial charge on any atom is 0.297 e. The molecule has 0 aliphatic carbocycles. The zero-order chi connectivity index (χ0) is 25.2. The molecule has 2 heterocycles. The summed E-state index contributed by atoms with van der Waals surface area (Å²) in [5.74, 6) is 1.85. The predicted molar refractivity (Wildman–Crippen MR) is 133 cm³/mol. The third-order valence-corrected chi connectivity index (χ3v) is 7.89. The van der Waals surface area contributed by atoms with Crippen LogP contribution < -0.4 is 14.4 Å². The molecule has 0 radical (unpaired) electrons. The molecule has 188 valence electrons. The van der Waals surface area contributed by atoms with Gasteiger partial charge in [0.05, 0.1) is 36.8 Å². The molecule has 1 fully saturated rings. The molecule has 1 saturated heterocycles. The minimum absolute atomic E-state index is 0.0800. The van der Waals surface area contributed by atoms with Crippen LogP contribution in [-0.4, -0.2) is 63.0 Å². The Kier molecular flexibility index (Phi) is 7.16. The van der Waals surface area contributed by atoms with Crippen molar-refractivity contribution in [2.75, 3.05) is 38.8 Å². The average molecular weight is 502 g/mol. The minimum Gasteiger partial charge on any atom is -0.493 e. The fourth-order valence-electron chi connectivity index (χ4n) is 4.42. The number of benzene rings is 2. The van der Waals surface area contributed by atoms with Gasteiger partial charge in [0, 0.05) is 24.5 Å². The molecule has 1 aliphatic rings. The van der Waals surface area contributed by atoms with Gasteiger partial charge < -0.3 is 19.5 Å². The maximum atomic E-state index is 12.6. The van der Waals surface area contributed by atoms with Gasteiger partial charge in [0.15, 0.2) is 11.5 Å². The van der Waals surface area contributed by atoms with Crippen molar-refractivity contribution in [1.29, 1.82) is 0 Å². The number of aliphatic hydroxyl groups is 1. The lowest BCUT2D eigenvalue weighted by Gasteiger charge is -2.39. The first-order valence-electron chi connectivity index (χ1n) is 11.4. The highest BCUT2D eigenvalue weighted by molar-refractivity contribution is 7.86. The van der Waals surface area contributed by atoms with Crippen LogP contribution in [0.4, 0.5) is 5.82 Å². The summed E-state index contributed by atoms with van der Waals surface area (Å²) in [5.41, 5.74) is 0.405. The SMILES string of the molecule is COc1cc2ncnc(N3CCC(C(C)(O)COS(=O)(=O)c4ccc(C)cc4)CC3)c2cc1OC. The van der Waals surface area contributed by atoms with Crippen molar-refractivity contribution in [3.8, 4) is 11.5 Å². The first-order valence-corrected chi connectivity index (χ1v) is 12.9. The van der Waals surface area contributed by atoms with Crippen LogP contribution in [0.1, 0.15) is 25.3 Å². The molecule has 4 rings (SSSR count). The number of aryl methyl sites for hydroxylation is 1. The molecular formula is C25H31N3O6S. The summed E-state index contributed by atoms with van der Waals surface area (Å²) in [4.78, 5) is 11.1. The largest absolute Gasteiger partial charge is 0.493 e. The Balaban J connectivity index is 1.44. The first-order chi connectivity index (χ1) is 16.6. The van der Waals surface area contributed by atoms with E-state index < -0.39 is 15.7 Å². The molecule has 1 aliphatic heterocycles. The number of aromatic nitrogens is 2. The second-order valence-electron chi connectivity index (χ2n) is 9.07. The van der Waals surface area contributed by atoms with Crippen LogP contribution in [0.2, 0.25) is 0 Å². The van der Waals surface area contributed by atoms with Crippen LogP contribution in [0, 0.1) is 12.8 Å². The monoisotopic (exact) mass is 501 g/mol. The van der Waals surface area contributed by atoms with Gasteiger partial charge >= 0.3 is 0 Å². The average Bonchev–Trinajstić information content (AvgIpc) is 2.86. The van der Waals surface area contributed by atoms with Gasteiger partial charge in [-0.25, -0.2) is 9.97 Å². The van der Waals surface area contributed by atoms with E-state index in [1.54, 1.807) is 33.3 Å². The Hall–Kier alpha value is -2.95. The molecule has 3 aromatic rings. The summed E-state index contributed by atoms with van der Waals surface area (Å²) in [6, 6.07) is 10.1. The molecule has 0 amide bonds. The van der Waals surface area contributed by atoms with Crippen LogP contribution >= 0.6 is 0 Å². The molecule has 10 heteroatoms. The topological polar surface area (TPSA) is 111 Å². The smallest absolute Gasteiger partial charge is 0.297 e. The summed E-state index contributed by atoms with van der Waals surface area (Å²) in [6.07, 6.45) is 2.83. The molecule has 0 bridgehead atoms. The number of anilines is 1. The molecule has 1 aromatic heterocycles. The number of ether oxygens (including phenoxy) is 2. The predicted octanol–water partition coefficient (Wildman–Crippen LogP) is 3.33. The third-order valence-electron chi connectivity index (χ3n) is 6.61. The Labute approximate surface area is 205 Å². The molecule has 1 N–H and O–H groups in total. The van der Waals surface area contributed by atoms with E-state index in [0.29, 0.717) is 37.4 Å². The van der Waals surface area contributed by atoms with Gasteiger partial charge in [-0.3, -0.25) is 4.18 Å². The minimum atomic E-state index is -3.95. The molecule has 1 atom stereocenters. The van der Waals surface area contributed by atoms with Crippen molar-refractivity contribution < 1.29 is 27.2 Å². The van der Waals surface area contributed by atoms with E-state index in [-0.39, 0.29) is 17.4 Å². The number of fused-ring (bicyclic) bond motifs is 1. The van der Waals surface area contributed by atoms with E-state index in [0.717, 1.165) is 22.3 Å². The highest BCUT2D eigenvalue weighted by Gasteiger charge is 2.37. The van der Waals surface area contributed by atoms with Gasteiger partial charge in [-0.15, -0.1) is 0 Å². The Bertz CT molecular complexity index is 1290. The van der Waals surface area contributed by atoms with Crippen molar-refractivity contribution in [3.05, 3.63) is 48.3 Å². The van der Waals surface area contributed by atoms with E-state index in [4.69, 9.17) is 13.7 Å². The molecule has 0 saturated carbocycles. The van der Waals surface area contributed by atoms with Crippen LogP contribution in [0.5, 0.6) is 11.5 Å². The lowest BCUT2D eigenvalue weighted by atomic mass is 9.82. The fraction of sp³-hybridized carbons (Fsp3) is 0.440. The van der Waals surface area contributed by atoms with E-state index in [1.807, 2.05) is 19.1 Å². The van der Waals surface area contributed by atoms with Gasteiger partial charge in [-0.05, 0) is 50.8 Å². The third kappa shape index (κ3) is 5.34. The number of piperidine rings is 1. The van der Waals surface area contributed by atoms with E-state index in [9.17, 15) is 13.5 Å². The molecule has 2 aromatic carbocycles. The quantitative estimate of drug-likeness (QED) is 0.465. The Morgan fingerprint density at radius 1 is 1.06 bits per heavy atom. The van der Waals surface area contributed by atoms with E-state index >= 15 is 0 Å². The lowest BCUT2D eigenvalue weighted by Crippen LogP contribution is -2.46. The summed E-state index contributed by atoms with van der Waals surface area (Å²) in [5, 5.41) is 11.9. The van der Waals surface area contributed by atoms with Crippen molar-refractivity contribution >= 4 is 26.8 Å². The van der Waals surface area contributed by atoms with Gasteiger partial charge in [0.2, 0.25) is 0 Å². The lowest BCUT2D eigenvalue weighted by molar-refractivity contribution is -0.0447. The fourth-order valence-corrected chi connectivity index (χ4v) is 5.42. The van der Waals surface area contributed by atoms with E-state index in [1.165, 1.54) is 18.5 Å². The molecular weight excluding hydrogens is 470 g/mol. The van der Waals surface area contributed by atoms with Gasteiger partial charge in [0.25, 0.3) is 10.1 Å². The summed E-state index contributed by atoms with van der Waals surface area (Å²) in [6.45, 7) is 4.50. The zero-order valence-corrected chi connectivity index (χ0v) is 21.2. The van der Waals surface area contributed by atoms with Crippen molar-refractivity contribution in [3.63, 3.8) is 0 Å².